The van der Waals surface area contributed by atoms with E-state index < -0.39 is 28.8 Å². The highest BCUT2D eigenvalue weighted by Crippen LogP contribution is 2.39. The average Bonchev–Trinajstić information content (AvgIpc) is 3.22. The number of amides is 1. The number of thiazole rings is 1. The molecule has 36 heavy (non-hydrogen) atoms. The van der Waals surface area contributed by atoms with Gasteiger partial charge in [0, 0.05) is 18.0 Å². The third-order valence-electron chi connectivity index (χ3n) is 5.77. The molecule has 1 amide bonds. The van der Waals surface area contributed by atoms with Gasteiger partial charge in [-0.15, -0.1) is 0 Å². The Morgan fingerprint density at radius 3 is 2.50 bits per heavy atom. The van der Waals surface area contributed by atoms with Crippen molar-refractivity contribution < 1.29 is 22.4 Å². The highest BCUT2D eigenvalue weighted by Gasteiger charge is 2.35. The van der Waals surface area contributed by atoms with Crippen LogP contribution in [0.5, 0.6) is 0 Å². The third kappa shape index (κ3) is 6.88. The summed E-state index contributed by atoms with van der Waals surface area (Å²) in [5.74, 6) is -0.696. The number of unbranched alkanes of at least 4 members (excludes halogenated alkanes) is 5. The molecule has 2 N–H and O–H groups in total. The van der Waals surface area contributed by atoms with Gasteiger partial charge in [0.05, 0.1) is 17.3 Å². The molecule has 0 saturated carbocycles. The van der Waals surface area contributed by atoms with Gasteiger partial charge in [-0.25, -0.2) is 4.98 Å². The molecule has 5 nitrogen and oxygen atoms in total. The fourth-order valence-electron chi connectivity index (χ4n) is 3.88. The normalized spacial score (nSPS) is 12.5. The summed E-state index contributed by atoms with van der Waals surface area (Å²) in [6, 6.07) is 5.91. The summed E-state index contributed by atoms with van der Waals surface area (Å²) in [4.78, 5) is 22.1. The maximum absolute atomic E-state index is 14.8. The van der Waals surface area contributed by atoms with Crippen LogP contribution in [-0.2, 0) is 17.4 Å². The van der Waals surface area contributed by atoms with Crippen LogP contribution in [-0.4, -0.2) is 21.9 Å². The van der Waals surface area contributed by atoms with E-state index in [0.29, 0.717) is 23.3 Å². The Morgan fingerprint density at radius 1 is 1.14 bits per heavy atom. The molecule has 0 bridgehead atoms. The monoisotopic (exact) mass is 522 g/mol. The van der Waals surface area contributed by atoms with E-state index in [1.54, 1.807) is 12.1 Å². The highest BCUT2D eigenvalue weighted by molar-refractivity contribution is 7.14. The van der Waals surface area contributed by atoms with Crippen LogP contribution < -0.4 is 10.6 Å². The number of carbonyl (C=O) groups excluding carboxylic acids is 1. The Kier molecular flexibility index (Phi) is 9.56. The summed E-state index contributed by atoms with van der Waals surface area (Å²) >= 11 is 0.561. The number of nitrogens with zero attached hydrogens (tertiary/aromatic N) is 3. The summed E-state index contributed by atoms with van der Waals surface area (Å²) in [6.07, 6.45) is 4.36. The molecule has 2 aromatic heterocycles. The first-order chi connectivity index (χ1) is 17.1. The standard InChI is InChI=1S/C26H30F4N4OS/c1-3-4-5-6-7-8-10-18-12-13-20(15-21(18)26(28,29)30)34(24(35)17(2)31)25-33-22(23(27)36-25)19-11-9-14-32-16-19/h9,11-17H,3-8,10,31H2,1-2H3. The quantitative estimate of drug-likeness (QED) is 0.212. The van der Waals surface area contributed by atoms with Gasteiger partial charge in [0.15, 0.2) is 5.13 Å². The van der Waals surface area contributed by atoms with Crippen molar-refractivity contribution in [1.82, 2.24) is 9.97 Å². The minimum Gasteiger partial charge on any atom is -0.320 e. The van der Waals surface area contributed by atoms with Crippen LogP contribution in [0.1, 0.15) is 63.5 Å². The topological polar surface area (TPSA) is 72.1 Å². The highest BCUT2D eigenvalue weighted by atomic mass is 32.1. The first-order valence-corrected chi connectivity index (χ1v) is 12.8. The van der Waals surface area contributed by atoms with E-state index in [4.69, 9.17) is 5.73 Å². The number of alkyl halides is 3. The number of pyridine rings is 1. The summed E-state index contributed by atoms with van der Waals surface area (Å²) < 4.78 is 56.8. The fourth-order valence-corrected chi connectivity index (χ4v) is 4.73. The van der Waals surface area contributed by atoms with Crippen molar-refractivity contribution in [3.8, 4) is 11.3 Å². The van der Waals surface area contributed by atoms with Gasteiger partial charge < -0.3 is 5.73 Å². The molecule has 3 aromatic rings. The van der Waals surface area contributed by atoms with Crippen molar-refractivity contribution >= 4 is 28.1 Å². The molecule has 0 aliphatic carbocycles. The smallest absolute Gasteiger partial charge is 0.320 e. The number of rotatable bonds is 11. The summed E-state index contributed by atoms with van der Waals surface area (Å²) in [5.41, 5.74) is 5.42. The van der Waals surface area contributed by atoms with Crippen molar-refractivity contribution in [3.63, 3.8) is 0 Å². The molecule has 0 spiro atoms. The van der Waals surface area contributed by atoms with Gasteiger partial charge in [-0.05, 0) is 49.6 Å². The molecule has 10 heteroatoms. The number of anilines is 2. The van der Waals surface area contributed by atoms with E-state index >= 15 is 0 Å². The van der Waals surface area contributed by atoms with Crippen LogP contribution in [0.2, 0.25) is 0 Å². The van der Waals surface area contributed by atoms with Crippen molar-refractivity contribution in [2.24, 2.45) is 5.73 Å². The number of hydrogen-bond acceptors (Lipinski definition) is 5. The number of hydrogen-bond donors (Lipinski definition) is 1. The lowest BCUT2D eigenvalue weighted by molar-refractivity contribution is -0.138. The predicted molar refractivity (Wildman–Crippen MR) is 135 cm³/mol. The number of halogens is 4. The lowest BCUT2D eigenvalue weighted by Gasteiger charge is -2.24. The van der Waals surface area contributed by atoms with Crippen LogP contribution in [0.25, 0.3) is 11.3 Å². The molecule has 2 heterocycles. The lowest BCUT2D eigenvalue weighted by Crippen LogP contribution is -2.39. The molecule has 0 aliphatic heterocycles. The second-order valence-corrected chi connectivity index (χ2v) is 9.61. The van der Waals surface area contributed by atoms with Gasteiger partial charge in [-0.2, -0.15) is 17.6 Å². The van der Waals surface area contributed by atoms with Crippen LogP contribution in [0.4, 0.5) is 28.4 Å². The van der Waals surface area contributed by atoms with Crippen LogP contribution in [0.3, 0.4) is 0 Å². The zero-order valence-electron chi connectivity index (χ0n) is 20.3. The van der Waals surface area contributed by atoms with Crippen molar-refractivity contribution in [2.45, 2.75) is 71.0 Å². The SMILES string of the molecule is CCCCCCCCc1ccc(N(C(=O)C(C)N)c2nc(-c3cccnc3)c(F)s2)cc1C(F)(F)F. The van der Waals surface area contributed by atoms with E-state index in [1.807, 2.05) is 0 Å². The molecule has 1 unspecified atom stereocenters. The molecule has 0 fully saturated rings. The van der Waals surface area contributed by atoms with Gasteiger partial charge in [-0.1, -0.05) is 56.4 Å². The first-order valence-electron chi connectivity index (χ1n) is 12.0. The van der Waals surface area contributed by atoms with E-state index in [1.165, 1.54) is 31.5 Å². The first kappa shape index (κ1) is 27.7. The molecular weight excluding hydrogens is 492 g/mol. The number of aryl methyl sites for hydroxylation is 1. The summed E-state index contributed by atoms with van der Waals surface area (Å²) in [5, 5.41) is -0.790. The maximum Gasteiger partial charge on any atom is 0.416 e. The Bertz CT molecular complexity index is 1150. The van der Waals surface area contributed by atoms with Crippen LogP contribution in [0.15, 0.2) is 42.7 Å². The predicted octanol–water partition coefficient (Wildman–Crippen LogP) is 7.28. The second-order valence-electron chi connectivity index (χ2n) is 8.68. The van der Waals surface area contributed by atoms with E-state index in [-0.39, 0.29) is 28.5 Å². The lowest BCUT2D eigenvalue weighted by atomic mass is 9.99. The zero-order chi connectivity index (χ0) is 26.3. The van der Waals surface area contributed by atoms with E-state index in [9.17, 15) is 22.4 Å². The molecule has 1 aromatic carbocycles. The molecule has 0 aliphatic rings. The Morgan fingerprint density at radius 2 is 1.86 bits per heavy atom. The molecular formula is C26H30F4N4OS. The van der Waals surface area contributed by atoms with Crippen molar-refractivity contribution in [3.05, 3.63) is 59.0 Å². The van der Waals surface area contributed by atoms with Crippen molar-refractivity contribution in [1.29, 1.82) is 0 Å². The van der Waals surface area contributed by atoms with Gasteiger partial charge in [0.2, 0.25) is 11.0 Å². The van der Waals surface area contributed by atoms with Gasteiger partial charge in [-0.3, -0.25) is 14.7 Å². The summed E-state index contributed by atoms with van der Waals surface area (Å²) in [7, 11) is 0. The molecule has 1 atom stereocenters. The maximum atomic E-state index is 14.8. The molecule has 0 saturated heterocycles. The Hall–Kier alpha value is -2.85. The number of nitrogens with two attached hydrogens (primary N) is 1. The zero-order valence-corrected chi connectivity index (χ0v) is 21.1. The minimum atomic E-state index is -4.62. The van der Waals surface area contributed by atoms with Gasteiger partial charge in [0.1, 0.15) is 5.69 Å². The van der Waals surface area contributed by atoms with E-state index in [0.717, 1.165) is 43.1 Å². The van der Waals surface area contributed by atoms with Gasteiger partial charge in [0.25, 0.3) is 0 Å². The number of carbonyl (C=O) groups is 1. The number of benzene rings is 1. The minimum absolute atomic E-state index is 0.0405. The van der Waals surface area contributed by atoms with Crippen LogP contribution >= 0.6 is 11.3 Å². The Balaban J connectivity index is 1.97. The average molecular weight is 523 g/mol. The number of aromatic nitrogens is 2. The van der Waals surface area contributed by atoms with Gasteiger partial charge >= 0.3 is 6.18 Å². The van der Waals surface area contributed by atoms with Crippen LogP contribution in [0, 0.1) is 5.13 Å². The fraction of sp³-hybridized carbons (Fsp3) is 0.423. The summed E-state index contributed by atoms with van der Waals surface area (Å²) in [6.45, 7) is 3.52. The second kappa shape index (κ2) is 12.4. The molecule has 0 radical (unpaired) electrons. The Labute approximate surface area is 212 Å². The third-order valence-corrected chi connectivity index (χ3v) is 6.60. The molecule has 3 rings (SSSR count). The molecule has 194 valence electrons. The van der Waals surface area contributed by atoms with E-state index in [2.05, 4.69) is 16.9 Å². The van der Waals surface area contributed by atoms with Crippen molar-refractivity contribution in [2.75, 3.05) is 4.90 Å². The largest absolute Gasteiger partial charge is 0.416 e.